The van der Waals surface area contributed by atoms with Crippen LogP contribution >= 0.6 is 24.2 Å². The SMILES string of the molecule is COc1cc(-c2cc(C(F)(F)F)cc3c2n(C)c(=O)n3CC(=O)Nc2ccc(SC)cc2F)cc(F)c1OCc1nnc[nH]1.Cl. The number of aromatic nitrogens is 5. The molecule has 0 aliphatic carbocycles. The molecule has 0 spiro atoms. The first-order valence-corrected chi connectivity index (χ1v) is 13.9. The maximum atomic E-state index is 15.4. The number of carbonyl (C=O) groups excluding carboxylic acids is 1. The number of nitrogens with one attached hydrogen (secondary N) is 2. The van der Waals surface area contributed by atoms with Crippen molar-refractivity contribution < 1.29 is 36.2 Å². The Morgan fingerprint density at radius 2 is 1.87 bits per heavy atom. The van der Waals surface area contributed by atoms with Crippen molar-refractivity contribution in [2.45, 2.75) is 24.2 Å². The van der Waals surface area contributed by atoms with Crippen molar-refractivity contribution in [2.24, 2.45) is 7.05 Å². The summed E-state index contributed by atoms with van der Waals surface area (Å²) in [6.07, 6.45) is -1.82. The summed E-state index contributed by atoms with van der Waals surface area (Å²) in [7, 11) is 2.53. The third-order valence-corrected chi connectivity index (χ3v) is 7.40. The lowest BCUT2D eigenvalue weighted by atomic mass is 9.99. The van der Waals surface area contributed by atoms with E-state index in [1.165, 1.54) is 50.4 Å². The summed E-state index contributed by atoms with van der Waals surface area (Å²) < 4.78 is 84.7. The minimum absolute atomic E-state index is 0. The Bertz CT molecular complexity index is 1930. The molecule has 45 heavy (non-hydrogen) atoms. The maximum Gasteiger partial charge on any atom is 0.416 e. The lowest BCUT2D eigenvalue weighted by Gasteiger charge is -2.15. The van der Waals surface area contributed by atoms with Gasteiger partial charge in [-0.15, -0.1) is 34.4 Å². The molecule has 0 radical (unpaired) electrons. The molecule has 17 heteroatoms. The summed E-state index contributed by atoms with van der Waals surface area (Å²) in [5.41, 5.74) is -2.62. The Hall–Kier alpha value is -4.57. The molecule has 5 rings (SSSR count). The fourth-order valence-electron chi connectivity index (χ4n) is 4.61. The molecule has 0 bridgehead atoms. The van der Waals surface area contributed by atoms with Crippen LogP contribution in [0.1, 0.15) is 11.4 Å². The van der Waals surface area contributed by atoms with Gasteiger partial charge in [0.15, 0.2) is 23.1 Å². The standard InChI is InChI=1S/C28H23F5N6O4S.ClH/c1-38-25-17(14-6-19(30)26(22(7-14)42-2)43-12-23-34-13-35-37-23)8-15(28(31,32)33)9-21(25)39(27(38)41)11-24(40)36-20-5-4-16(44-3)10-18(20)29;/h4-10,13H,11-12H2,1-3H3,(H,36,40)(H,34,35,37);1H. The molecule has 0 fully saturated rings. The van der Waals surface area contributed by atoms with E-state index in [-0.39, 0.29) is 64.2 Å². The summed E-state index contributed by atoms with van der Waals surface area (Å²) >= 11 is 1.29. The van der Waals surface area contributed by atoms with Crippen LogP contribution in [0.15, 0.2) is 58.5 Å². The van der Waals surface area contributed by atoms with Gasteiger partial charge in [-0.1, -0.05) is 0 Å². The first kappa shape index (κ1) is 33.3. The number of imidazole rings is 1. The Morgan fingerprint density at radius 3 is 2.49 bits per heavy atom. The number of hydrogen-bond acceptors (Lipinski definition) is 7. The summed E-state index contributed by atoms with van der Waals surface area (Å²) in [6, 6.07) is 7.84. The van der Waals surface area contributed by atoms with Gasteiger partial charge in [-0.25, -0.2) is 13.6 Å². The number of ether oxygens (including phenoxy) is 2. The summed E-state index contributed by atoms with van der Waals surface area (Å²) in [5, 5.41) is 9.69. The quantitative estimate of drug-likeness (QED) is 0.151. The number of aryl methyl sites for hydroxylation is 1. The first-order valence-electron chi connectivity index (χ1n) is 12.7. The van der Waals surface area contributed by atoms with Crippen molar-refractivity contribution in [1.29, 1.82) is 0 Å². The Kier molecular flexibility index (Phi) is 9.77. The van der Waals surface area contributed by atoms with E-state index in [0.29, 0.717) is 4.90 Å². The number of anilines is 1. The van der Waals surface area contributed by atoms with E-state index >= 15 is 4.39 Å². The Balaban J connectivity index is 0.00000461. The number of benzene rings is 3. The minimum atomic E-state index is -4.87. The number of amides is 1. The van der Waals surface area contributed by atoms with Crippen LogP contribution in [0, 0.1) is 11.6 Å². The highest BCUT2D eigenvalue weighted by molar-refractivity contribution is 7.98. The van der Waals surface area contributed by atoms with Gasteiger partial charge in [0.05, 0.1) is 29.4 Å². The molecule has 2 N–H and O–H groups in total. The molecule has 2 heterocycles. The fraction of sp³-hybridized carbons (Fsp3) is 0.214. The van der Waals surface area contributed by atoms with Crippen LogP contribution in [0.2, 0.25) is 0 Å². The molecule has 0 saturated carbocycles. The molecule has 10 nitrogen and oxygen atoms in total. The van der Waals surface area contributed by atoms with E-state index in [2.05, 4.69) is 20.5 Å². The van der Waals surface area contributed by atoms with Crippen LogP contribution in [-0.4, -0.2) is 43.6 Å². The second kappa shape index (κ2) is 13.2. The molecule has 1 amide bonds. The van der Waals surface area contributed by atoms with Crippen molar-refractivity contribution in [3.63, 3.8) is 0 Å². The number of thioether (sulfide) groups is 1. The van der Waals surface area contributed by atoms with Gasteiger partial charge in [0, 0.05) is 17.5 Å². The van der Waals surface area contributed by atoms with Crippen LogP contribution in [0.25, 0.3) is 22.2 Å². The number of hydrogen-bond donors (Lipinski definition) is 2. The minimum Gasteiger partial charge on any atom is -0.493 e. The Morgan fingerprint density at radius 1 is 1.11 bits per heavy atom. The maximum absolute atomic E-state index is 15.4. The highest BCUT2D eigenvalue weighted by Gasteiger charge is 2.33. The van der Waals surface area contributed by atoms with Gasteiger partial charge in [0.25, 0.3) is 0 Å². The third kappa shape index (κ3) is 6.76. The predicted octanol–water partition coefficient (Wildman–Crippen LogP) is 5.79. The van der Waals surface area contributed by atoms with Gasteiger partial charge in [0.2, 0.25) is 5.91 Å². The van der Waals surface area contributed by atoms with Gasteiger partial charge in [0.1, 0.15) is 25.3 Å². The molecular formula is C28H24ClF5N6O4S. The van der Waals surface area contributed by atoms with E-state index < -0.39 is 41.5 Å². The van der Waals surface area contributed by atoms with Gasteiger partial charge >= 0.3 is 11.9 Å². The normalized spacial score (nSPS) is 11.4. The van der Waals surface area contributed by atoms with Gasteiger partial charge < -0.3 is 19.8 Å². The van der Waals surface area contributed by atoms with Gasteiger partial charge in [-0.2, -0.15) is 13.2 Å². The van der Waals surface area contributed by atoms with Crippen LogP contribution in [0.3, 0.4) is 0 Å². The molecule has 5 aromatic rings. The van der Waals surface area contributed by atoms with Crippen molar-refractivity contribution >= 4 is 46.8 Å². The topological polar surface area (TPSA) is 116 Å². The number of aromatic amines is 1. The molecule has 3 aromatic carbocycles. The number of methoxy groups -OCH3 is 1. The predicted molar refractivity (Wildman–Crippen MR) is 159 cm³/mol. The molecule has 238 valence electrons. The zero-order chi connectivity index (χ0) is 31.8. The lowest BCUT2D eigenvalue weighted by Crippen LogP contribution is -2.28. The lowest BCUT2D eigenvalue weighted by molar-refractivity contribution is -0.137. The molecule has 0 aliphatic rings. The average molecular weight is 671 g/mol. The second-order valence-corrected chi connectivity index (χ2v) is 10.3. The largest absolute Gasteiger partial charge is 0.493 e. The van der Waals surface area contributed by atoms with E-state index in [1.807, 2.05) is 0 Å². The van der Waals surface area contributed by atoms with E-state index in [1.54, 1.807) is 12.3 Å². The van der Waals surface area contributed by atoms with Crippen molar-refractivity contribution in [2.75, 3.05) is 18.7 Å². The monoisotopic (exact) mass is 670 g/mol. The van der Waals surface area contributed by atoms with Gasteiger partial charge in [-0.3, -0.25) is 13.9 Å². The highest BCUT2D eigenvalue weighted by atomic mass is 35.5. The van der Waals surface area contributed by atoms with Crippen LogP contribution in [0.5, 0.6) is 11.5 Å². The van der Waals surface area contributed by atoms with E-state index in [9.17, 15) is 27.2 Å². The second-order valence-electron chi connectivity index (χ2n) is 9.42. The van der Waals surface area contributed by atoms with Crippen LogP contribution in [-0.2, 0) is 31.2 Å². The zero-order valence-electron chi connectivity index (χ0n) is 23.7. The first-order chi connectivity index (χ1) is 20.9. The smallest absolute Gasteiger partial charge is 0.416 e. The van der Waals surface area contributed by atoms with Gasteiger partial charge in [-0.05, 0) is 54.3 Å². The third-order valence-electron chi connectivity index (χ3n) is 6.67. The van der Waals surface area contributed by atoms with E-state index in [4.69, 9.17) is 9.47 Å². The summed E-state index contributed by atoms with van der Waals surface area (Å²) in [4.78, 5) is 29.4. The summed E-state index contributed by atoms with van der Waals surface area (Å²) in [6.45, 7) is -0.932. The molecule has 0 unspecified atom stereocenters. The van der Waals surface area contributed by atoms with E-state index in [0.717, 1.165) is 27.3 Å². The molecule has 0 saturated heterocycles. The molecule has 2 aromatic heterocycles. The van der Waals surface area contributed by atoms with Crippen LogP contribution in [0.4, 0.5) is 27.6 Å². The number of H-pyrrole nitrogens is 1. The molecule has 0 aliphatic heterocycles. The fourth-order valence-corrected chi connectivity index (χ4v) is 5.03. The van der Waals surface area contributed by atoms with Crippen LogP contribution < -0.4 is 20.5 Å². The zero-order valence-corrected chi connectivity index (χ0v) is 25.3. The number of fused-ring (bicyclic) bond motifs is 1. The van der Waals surface area contributed by atoms with Crippen molar-refractivity contribution in [3.05, 3.63) is 82.3 Å². The number of alkyl halides is 3. The number of halogens is 6. The number of carbonyl (C=O) groups is 1. The number of rotatable bonds is 9. The highest BCUT2D eigenvalue weighted by Crippen LogP contribution is 2.41. The Labute approximate surface area is 262 Å². The molecular weight excluding hydrogens is 647 g/mol. The summed E-state index contributed by atoms with van der Waals surface area (Å²) in [5.74, 6) is -2.70. The average Bonchev–Trinajstić information content (AvgIpc) is 3.59. The van der Waals surface area contributed by atoms with Crippen molar-refractivity contribution in [1.82, 2.24) is 24.3 Å². The van der Waals surface area contributed by atoms with Crippen molar-refractivity contribution in [3.8, 4) is 22.6 Å². The molecule has 0 atom stereocenters. The number of nitrogens with zero attached hydrogens (tertiary/aromatic N) is 4.